The Kier molecular flexibility index (Phi) is 3.89. The van der Waals surface area contributed by atoms with Crippen LogP contribution in [0.5, 0.6) is 5.75 Å². The van der Waals surface area contributed by atoms with Gasteiger partial charge in [-0.2, -0.15) is 0 Å². The average molecular weight is 197 g/mol. The van der Waals surface area contributed by atoms with Gasteiger partial charge in [0.2, 0.25) is 0 Å². The largest absolute Gasteiger partial charge is 0.508 e. The summed E-state index contributed by atoms with van der Waals surface area (Å²) in [7, 11) is 0. The molecule has 0 aliphatic heterocycles. The van der Waals surface area contributed by atoms with E-state index in [1.165, 1.54) is 6.07 Å². The zero-order valence-electron chi connectivity index (χ0n) is 8.55. The molecule has 1 aromatic rings. The number of benzene rings is 1. The summed E-state index contributed by atoms with van der Waals surface area (Å²) in [5.41, 5.74) is 0.767. The van der Waals surface area contributed by atoms with Crippen molar-refractivity contribution in [2.45, 2.75) is 20.4 Å². The molecule has 0 fully saturated rings. The van der Waals surface area contributed by atoms with E-state index in [1.807, 2.05) is 0 Å². The summed E-state index contributed by atoms with van der Waals surface area (Å²) >= 11 is 0. The van der Waals surface area contributed by atoms with Crippen LogP contribution < -0.4 is 5.32 Å². The molecule has 0 atom stereocenters. The third kappa shape index (κ3) is 3.75. The van der Waals surface area contributed by atoms with E-state index < -0.39 is 5.82 Å². The molecule has 1 rings (SSSR count). The lowest BCUT2D eigenvalue weighted by Gasteiger charge is -2.07. The van der Waals surface area contributed by atoms with Gasteiger partial charge in [0.1, 0.15) is 11.6 Å². The smallest absolute Gasteiger partial charge is 0.127 e. The SMILES string of the molecule is CC(C)CNCc1cc(O)cc(F)c1. The first-order valence-corrected chi connectivity index (χ1v) is 4.77. The lowest BCUT2D eigenvalue weighted by atomic mass is 10.2. The van der Waals surface area contributed by atoms with Gasteiger partial charge in [-0.3, -0.25) is 0 Å². The Morgan fingerprint density at radius 1 is 1.36 bits per heavy atom. The van der Waals surface area contributed by atoms with Crippen LogP contribution in [0.15, 0.2) is 18.2 Å². The first-order valence-electron chi connectivity index (χ1n) is 4.77. The van der Waals surface area contributed by atoms with Gasteiger partial charge in [0, 0.05) is 12.6 Å². The molecule has 3 heteroatoms. The summed E-state index contributed by atoms with van der Waals surface area (Å²) < 4.78 is 12.8. The summed E-state index contributed by atoms with van der Waals surface area (Å²) in [6.45, 7) is 5.69. The van der Waals surface area contributed by atoms with Gasteiger partial charge in [0.05, 0.1) is 0 Å². The summed E-state index contributed by atoms with van der Waals surface area (Å²) in [5, 5.41) is 12.3. The van der Waals surface area contributed by atoms with E-state index in [0.29, 0.717) is 12.5 Å². The van der Waals surface area contributed by atoms with Crippen molar-refractivity contribution >= 4 is 0 Å². The molecule has 0 unspecified atom stereocenters. The summed E-state index contributed by atoms with van der Waals surface area (Å²) in [4.78, 5) is 0. The molecule has 0 saturated heterocycles. The van der Waals surface area contributed by atoms with Crippen molar-refractivity contribution < 1.29 is 9.50 Å². The molecule has 0 spiro atoms. The molecule has 78 valence electrons. The molecule has 14 heavy (non-hydrogen) atoms. The average Bonchev–Trinajstić information content (AvgIpc) is 2.01. The van der Waals surface area contributed by atoms with Crippen LogP contribution in [0.1, 0.15) is 19.4 Å². The first kappa shape index (κ1) is 11.0. The maximum Gasteiger partial charge on any atom is 0.127 e. The van der Waals surface area contributed by atoms with Crippen molar-refractivity contribution in [3.8, 4) is 5.75 Å². The van der Waals surface area contributed by atoms with Crippen LogP contribution in [0.4, 0.5) is 4.39 Å². The summed E-state index contributed by atoms with van der Waals surface area (Å²) in [6, 6.07) is 4.09. The Balaban J connectivity index is 2.50. The number of phenols is 1. The standard InChI is InChI=1S/C11H16FNO/c1-8(2)6-13-7-9-3-10(12)5-11(14)4-9/h3-5,8,13-14H,6-7H2,1-2H3. The van der Waals surface area contributed by atoms with Gasteiger partial charge in [0.15, 0.2) is 0 Å². The summed E-state index contributed by atoms with van der Waals surface area (Å²) in [5.74, 6) is 0.148. The number of hydrogen-bond acceptors (Lipinski definition) is 2. The highest BCUT2D eigenvalue weighted by molar-refractivity contribution is 5.28. The number of hydrogen-bond donors (Lipinski definition) is 2. The van der Waals surface area contributed by atoms with Crippen LogP contribution in [-0.2, 0) is 6.54 Å². The van der Waals surface area contributed by atoms with Gasteiger partial charge in [-0.25, -0.2) is 4.39 Å². The highest BCUT2D eigenvalue weighted by Gasteiger charge is 1.99. The van der Waals surface area contributed by atoms with Gasteiger partial charge in [-0.15, -0.1) is 0 Å². The molecule has 1 aromatic carbocycles. The number of aromatic hydroxyl groups is 1. The Morgan fingerprint density at radius 3 is 2.64 bits per heavy atom. The number of halogens is 1. The normalized spacial score (nSPS) is 10.9. The molecule has 2 nitrogen and oxygen atoms in total. The zero-order chi connectivity index (χ0) is 10.6. The molecule has 0 aliphatic rings. The third-order valence-corrected chi connectivity index (χ3v) is 1.82. The van der Waals surface area contributed by atoms with Crippen LogP contribution in [-0.4, -0.2) is 11.7 Å². The fourth-order valence-electron chi connectivity index (χ4n) is 1.24. The Labute approximate surface area is 83.8 Å². The minimum Gasteiger partial charge on any atom is -0.508 e. The van der Waals surface area contributed by atoms with Gasteiger partial charge >= 0.3 is 0 Å². The van der Waals surface area contributed by atoms with Gasteiger partial charge < -0.3 is 10.4 Å². The Morgan fingerprint density at radius 2 is 2.07 bits per heavy atom. The quantitative estimate of drug-likeness (QED) is 0.776. The predicted molar refractivity (Wildman–Crippen MR) is 54.6 cm³/mol. The second-order valence-corrected chi connectivity index (χ2v) is 3.84. The lowest BCUT2D eigenvalue weighted by Crippen LogP contribution is -2.18. The highest BCUT2D eigenvalue weighted by Crippen LogP contribution is 2.14. The van der Waals surface area contributed by atoms with E-state index in [0.717, 1.165) is 18.2 Å². The van der Waals surface area contributed by atoms with Crippen LogP contribution in [0.3, 0.4) is 0 Å². The van der Waals surface area contributed by atoms with Crippen molar-refractivity contribution in [2.75, 3.05) is 6.54 Å². The van der Waals surface area contributed by atoms with Crippen LogP contribution in [0, 0.1) is 11.7 Å². The van der Waals surface area contributed by atoms with E-state index in [9.17, 15) is 4.39 Å². The van der Waals surface area contributed by atoms with Crippen molar-refractivity contribution in [3.05, 3.63) is 29.6 Å². The third-order valence-electron chi connectivity index (χ3n) is 1.82. The number of nitrogens with one attached hydrogen (secondary N) is 1. The Bertz CT molecular complexity index is 279. The maximum absolute atomic E-state index is 12.8. The van der Waals surface area contributed by atoms with Crippen molar-refractivity contribution in [1.82, 2.24) is 5.32 Å². The molecular formula is C11H16FNO. The molecule has 2 N–H and O–H groups in total. The number of rotatable bonds is 4. The minimum absolute atomic E-state index is 0.0219. The van der Waals surface area contributed by atoms with Gasteiger partial charge in [0.25, 0.3) is 0 Å². The summed E-state index contributed by atoms with van der Waals surface area (Å²) in [6.07, 6.45) is 0. The maximum atomic E-state index is 12.8. The van der Waals surface area contributed by atoms with E-state index >= 15 is 0 Å². The monoisotopic (exact) mass is 197 g/mol. The van der Waals surface area contributed by atoms with E-state index in [4.69, 9.17) is 5.11 Å². The van der Waals surface area contributed by atoms with Crippen LogP contribution in [0.25, 0.3) is 0 Å². The molecule has 0 bridgehead atoms. The highest BCUT2D eigenvalue weighted by atomic mass is 19.1. The Hall–Kier alpha value is -1.09. The second-order valence-electron chi connectivity index (χ2n) is 3.84. The fourth-order valence-corrected chi connectivity index (χ4v) is 1.24. The molecular weight excluding hydrogens is 181 g/mol. The van der Waals surface area contributed by atoms with Crippen LogP contribution in [0.2, 0.25) is 0 Å². The predicted octanol–water partition coefficient (Wildman–Crippen LogP) is 2.28. The van der Waals surface area contributed by atoms with E-state index in [1.54, 1.807) is 6.07 Å². The molecule has 0 heterocycles. The lowest BCUT2D eigenvalue weighted by molar-refractivity contribution is 0.466. The van der Waals surface area contributed by atoms with Crippen molar-refractivity contribution in [3.63, 3.8) is 0 Å². The van der Waals surface area contributed by atoms with Crippen molar-refractivity contribution in [2.24, 2.45) is 5.92 Å². The van der Waals surface area contributed by atoms with Gasteiger partial charge in [-0.1, -0.05) is 13.8 Å². The second kappa shape index (κ2) is 4.96. The minimum atomic E-state index is -0.397. The first-order chi connectivity index (χ1) is 6.58. The molecule has 0 amide bonds. The molecule has 0 aromatic heterocycles. The fraction of sp³-hybridized carbons (Fsp3) is 0.455. The van der Waals surface area contributed by atoms with Gasteiger partial charge in [-0.05, 0) is 30.2 Å². The molecule has 0 aliphatic carbocycles. The van der Waals surface area contributed by atoms with E-state index in [-0.39, 0.29) is 5.75 Å². The zero-order valence-corrected chi connectivity index (χ0v) is 8.55. The molecule has 0 radical (unpaired) electrons. The van der Waals surface area contributed by atoms with Crippen LogP contribution >= 0.6 is 0 Å². The van der Waals surface area contributed by atoms with E-state index in [2.05, 4.69) is 19.2 Å². The molecule has 0 saturated carbocycles. The number of phenolic OH excluding ortho intramolecular Hbond substituents is 1. The topological polar surface area (TPSA) is 32.3 Å². The van der Waals surface area contributed by atoms with Crippen molar-refractivity contribution in [1.29, 1.82) is 0 Å².